The molecule has 1 saturated heterocycles. The number of rotatable bonds is 3. The van der Waals surface area contributed by atoms with E-state index in [0.29, 0.717) is 31.9 Å². The monoisotopic (exact) mass is 272 g/mol. The molecule has 0 bridgehead atoms. The van der Waals surface area contributed by atoms with Crippen molar-refractivity contribution in [2.75, 3.05) is 20.3 Å². The van der Waals surface area contributed by atoms with Gasteiger partial charge in [0.1, 0.15) is 5.60 Å². The SMILES string of the molecule is COC1(c2ncc(Cl)c(C(=O)O)n2)CCOCC1. The number of aromatic carboxylic acids is 1. The van der Waals surface area contributed by atoms with Crippen molar-refractivity contribution in [3.63, 3.8) is 0 Å². The van der Waals surface area contributed by atoms with Crippen molar-refractivity contribution in [1.29, 1.82) is 0 Å². The van der Waals surface area contributed by atoms with Crippen molar-refractivity contribution in [2.45, 2.75) is 18.4 Å². The smallest absolute Gasteiger partial charge is 0.356 e. The van der Waals surface area contributed by atoms with Gasteiger partial charge >= 0.3 is 5.97 Å². The number of methoxy groups -OCH3 is 1. The zero-order chi connectivity index (χ0) is 13.2. The molecule has 18 heavy (non-hydrogen) atoms. The molecule has 1 aromatic rings. The van der Waals surface area contributed by atoms with Crippen molar-refractivity contribution >= 4 is 17.6 Å². The number of carboxylic acid groups (broad SMARTS) is 1. The normalized spacial score (nSPS) is 18.6. The molecule has 0 aliphatic carbocycles. The summed E-state index contributed by atoms with van der Waals surface area (Å²) >= 11 is 5.75. The predicted octanol–water partition coefficient (Wildman–Crippen LogP) is 1.48. The number of halogens is 1. The van der Waals surface area contributed by atoms with E-state index in [4.69, 9.17) is 26.2 Å². The third kappa shape index (κ3) is 2.31. The molecule has 0 unspecified atom stereocenters. The van der Waals surface area contributed by atoms with Gasteiger partial charge in [0.15, 0.2) is 11.5 Å². The molecule has 6 nitrogen and oxygen atoms in total. The van der Waals surface area contributed by atoms with E-state index in [0.717, 1.165) is 0 Å². The Bertz CT molecular complexity index is 460. The lowest BCUT2D eigenvalue weighted by Crippen LogP contribution is -2.37. The minimum absolute atomic E-state index is 0.0181. The molecule has 2 rings (SSSR count). The van der Waals surface area contributed by atoms with Crippen LogP contribution in [0.4, 0.5) is 0 Å². The van der Waals surface area contributed by atoms with Gasteiger partial charge in [0.25, 0.3) is 0 Å². The quantitative estimate of drug-likeness (QED) is 0.897. The van der Waals surface area contributed by atoms with Gasteiger partial charge < -0.3 is 14.6 Å². The Morgan fingerprint density at radius 2 is 2.22 bits per heavy atom. The Hall–Kier alpha value is -1.24. The summed E-state index contributed by atoms with van der Waals surface area (Å²) in [5.41, 5.74) is -0.892. The highest BCUT2D eigenvalue weighted by atomic mass is 35.5. The first-order chi connectivity index (χ1) is 8.59. The Morgan fingerprint density at radius 3 is 2.78 bits per heavy atom. The maximum absolute atomic E-state index is 11.0. The zero-order valence-corrected chi connectivity index (χ0v) is 10.6. The van der Waals surface area contributed by atoms with E-state index in [-0.39, 0.29) is 10.7 Å². The standard InChI is InChI=1S/C11H13ClN2O4/c1-17-11(2-4-18-5-3-11)10-13-6-7(12)8(14-10)9(15)16/h6H,2-5H2,1H3,(H,15,16). The number of nitrogens with zero attached hydrogens (tertiary/aromatic N) is 2. The highest BCUT2D eigenvalue weighted by Gasteiger charge is 2.38. The second-order valence-electron chi connectivity index (χ2n) is 4.01. The lowest BCUT2D eigenvalue weighted by Gasteiger charge is -2.34. The van der Waals surface area contributed by atoms with E-state index in [1.165, 1.54) is 6.20 Å². The molecule has 0 aromatic carbocycles. The number of ether oxygens (including phenoxy) is 2. The van der Waals surface area contributed by atoms with Crippen LogP contribution < -0.4 is 0 Å². The number of hydrogen-bond acceptors (Lipinski definition) is 5. The van der Waals surface area contributed by atoms with Gasteiger partial charge in [0.2, 0.25) is 0 Å². The average molecular weight is 273 g/mol. The molecule has 0 saturated carbocycles. The fourth-order valence-electron chi connectivity index (χ4n) is 1.96. The molecule has 2 heterocycles. The summed E-state index contributed by atoms with van der Waals surface area (Å²) in [6.45, 7) is 1.06. The van der Waals surface area contributed by atoms with Crippen LogP contribution in [0.2, 0.25) is 5.02 Å². The predicted molar refractivity (Wildman–Crippen MR) is 62.7 cm³/mol. The summed E-state index contributed by atoms with van der Waals surface area (Å²) in [6, 6.07) is 0. The van der Waals surface area contributed by atoms with Crippen LogP contribution in [0.3, 0.4) is 0 Å². The molecule has 1 aliphatic heterocycles. The maximum atomic E-state index is 11.0. The van der Waals surface area contributed by atoms with Crippen LogP contribution in [0.25, 0.3) is 0 Å². The van der Waals surface area contributed by atoms with E-state index in [1.807, 2.05) is 0 Å². The van der Waals surface area contributed by atoms with Gasteiger partial charge in [0.05, 0.1) is 11.2 Å². The highest BCUT2D eigenvalue weighted by molar-refractivity contribution is 6.33. The molecule has 1 aromatic heterocycles. The molecule has 0 amide bonds. The van der Waals surface area contributed by atoms with Crippen molar-refractivity contribution in [2.24, 2.45) is 0 Å². The number of hydrogen-bond donors (Lipinski definition) is 1. The Morgan fingerprint density at radius 1 is 1.56 bits per heavy atom. The van der Waals surface area contributed by atoms with Crippen LogP contribution in [0, 0.1) is 0 Å². The summed E-state index contributed by atoms with van der Waals surface area (Å²) < 4.78 is 10.8. The van der Waals surface area contributed by atoms with Crippen LogP contribution in [-0.4, -0.2) is 41.4 Å². The molecule has 1 fully saturated rings. The van der Waals surface area contributed by atoms with Gasteiger partial charge in [-0.25, -0.2) is 14.8 Å². The van der Waals surface area contributed by atoms with E-state index in [2.05, 4.69) is 9.97 Å². The van der Waals surface area contributed by atoms with Crippen LogP contribution >= 0.6 is 11.6 Å². The first-order valence-corrected chi connectivity index (χ1v) is 5.86. The fraction of sp³-hybridized carbons (Fsp3) is 0.545. The summed E-state index contributed by atoms with van der Waals surface area (Å²) in [5.74, 6) is -0.836. The summed E-state index contributed by atoms with van der Waals surface area (Å²) in [5, 5.41) is 9.02. The third-order valence-electron chi connectivity index (χ3n) is 3.05. The van der Waals surface area contributed by atoms with E-state index >= 15 is 0 Å². The van der Waals surface area contributed by atoms with E-state index in [9.17, 15) is 4.79 Å². The number of carboxylic acids is 1. The number of carbonyl (C=O) groups is 1. The molecule has 98 valence electrons. The fourth-order valence-corrected chi connectivity index (χ4v) is 2.13. The van der Waals surface area contributed by atoms with Gasteiger partial charge in [-0.1, -0.05) is 11.6 Å². The van der Waals surface area contributed by atoms with E-state index < -0.39 is 11.6 Å². The molecule has 7 heteroatoms. The van der Waals surface area contributed by atoms with Crippen LogP contribution in [0.1, 0.15) is 29.2 Å². The zero-order valence-electron chi connectivity index (χ0n) is 9.85. The summed E-state index contributed by atoms with van der Waals surface area (Å²) in [4.78, 5) is 19.1. The highest BCUT2D eigenvalue weighted by Crippen LogP contribution is 2.33. The molecule has 0 atom stereocenters. The van der Waals surface area contributed by atoms with Gasteiger partial charge in [-0.05, 0) is 0 Å². The van der Waals surface area contributed by atoms with Gasteiger partial charge in [-0.2, -0.15) is 0 Å². The lowest BCUT2D eigenvalue weighted by molar-refractivity contribution is -0.100. The summed E-state index contributed by atoms with van der Waals surface area (Å²) in [6.07, 6.45) is 2.47. The molecular formula is C11H13ClN2O4. The molecular weight excluding hydrogens is 260 g/mol. The van der Waals surface area contributed by atoms with Gasteiger partial charge in [-0.3, -0.25) is 0 Å². The van der Waals surface area contributed by atoms with Crippen molar-refractivity contribution in [1.82, 2.24) is 9.97 Å². The Balaban J connectivity index is 2.42. The molecule has 0 radical (unpaired) electrons. The topological polar surface area (TPSA) is 81.5 Å². The average Bonchev–Trinajstić information content (AvgIpc) is 2.39. The lowest BCUT2D eigenvalue weighted by atomic mass is 9.93. The first kappa shape index (κ1) is 13.2. The maximum Gasteiger partial charge on any atom is 0.356 e. The number of aromatic nitrogens is 2. The van der Waals surface area contributed by atoms with Gasteiger partial charge in [-0.15, -0.1) is 0 Å². The molecule has 0 spiro atoms. The minimum Gasteiger partial charge on any atom is -0.476 e. The second-order valence-corrected chi connectivity index (χ2v) is 4.41. The molecule has 1 N–H and O–H groups in total. The van der Waals surface area contributed by atoms with Gasteiger partial charge in [0, 0.05) is 33.2 Å². The Kier molecular flexibility index (Phi) is 3.79. The van der Waals surface area contributed by atoms with Crippen molar-refractivity contribution < 1.29 is 19.4 Å². The first-order valence-electron chi connectivity index (χ1n) is 5.48. The van der Waals surface area contributed by atoms with Crippen LogP contribution in [-0.2, 0) is 15.1 Å². The second kappa shape index (κ2) is 5.17. The third-order valence-corrected chi connectivity index (χ3v) is 3.32. The minimum atomic E-state index is -1.18. The molecule has 1 aliphatic rings. The van der Waals surface area contributed by atoms with E-state index in [1.54, 1.807) is 7.11 Å². The van der Waals surface area contributed by atoms with Crippen molar-refractivity contribution in [3.8, 4) is 0 Å². The Labute approximate surface area is 109 Å². The largest absolute Gasteiger partial charge is 0.476 e. The van der Waals surface area contributed by atoms with Crippen LogP contribution in [0.15, 0.2) is 6.20 Å². The summed E-state index contributed by atoms with van der Waals surface area (Å²) in [7, 11) is 1.56. The van der Waals surface area contributed by atoms with Crippen molar-refractivity contribution in [3.05, 3.63) is 22.7 Å². The van der Waals surface area contributed by atoms with Crippen LogP contribution in [0.5, 0.6) is 0 Å².